The Bertz CT molecular complexity index is 592. The molecule has 2 aromatic rings. The number of hydrogen-bond donors (Lipinski definition) is 1. The first-order valence-corrected chi connectivity index (χ1v) is 5.89. The summed E-state index contributed by atoms with van der Waals surface area (Å²) in [7, 11) is 3.22. The lowest BCUT2D eigenvalue weighted by Crippen LogP contribution is -2.00. The molecular formula is C14H17N3O2. The smallest absolute Gasteiger partial charge is 0.220 e. The molecule has 2 N–H and O–H groups in total. The maximum absolute atomic E-state index is 5.70. The van der Waals surface area contributed by atoms with E-state index in [1.165, 1.54) is 0 Å². The molecule has 100 valence electrons. The topological polar surface area (TPSA) is 70.3 Å². The summed E-state index contributed by atoms with van der Waals surface area (Å²) < 4.78 is 10.6. The highest BCUT2D eigenvalue weighted by Crippen LogP contribution is 2.34. The van der Waals surface area contributed by atoms with Crippen molar-refractivity contribution in [3.63, 3.8) is 0 Å². The Hall–Kier alpha value is -2.30. The number of benzene rings is 1. The van der Waals surface area contributed by atoms with Crippen LogP contribution in [0.3, 0.4) is 0 Å². The van der Waals surface area contributed by atoms with Gasteiger partial charge in [0.05, 0.1) is 19.9 Å². The summed E-state index contributed by atoms with van der Waals surface area (Å²) in [5, 5.41) is 0. The number of hydrogen-bond acceptors (Lipinski definition) is 5. The van der Waals surface area contributed by atoms with E-state index in [1.54, 1.807) is 14.2 Å². The van der Waals surface area contributed by atoms with E-state index in [0.717, 1.165) is 22.5 Å². The van der Waals surface area contributed by atoms with Crippen molar-refractivity contribution in [3.8, 4) is 22.8 Å². The van der Waals surface area contributed by atoms with E-state index in [-0.39, 0.29) is 5.95 Å². The van der Waals surface area contributed by atoms with Crippen LogP contribution in [-0.2, 0) is 0 Å². The summed E-state index contributed by atoms with van der Waals surface area (Å²) in [5.74, 6) is 1.63. The maximum atomic E-state index is 5.70. The molecule has 1 heterocycles. The van der Waals surface area contributed by atoms with Crippen LogP contribution < -0.4 is 15.2 Å². The van der Waals surface area contributed by atoms with Gasteiger partial charge in [-0.15, -0.1) is 0 Å². The van der Waals surface area contributed by atoms with Crippen molar-refractivity contribution in [1.82, 2.24) is 9.97 Å². The Morgan fingerprint density at radius 2 is 1.58 bits per heavy atom. The predicted molar refractivity (Wildman–Crippen MR) is 74.5 cm³/mol. The van der Waals surface area contributed by atoms with Crippen molar-refractivity contribution in [2.45, 2.75) is 13.8 Å². The van der Waals surface area contributed by atoms with Gasteiger partial charge in [-0.2, -0.15) is 0 Å². The van der Waals surface area contributed by atoms with E-state index in [2.05, 4.69) is 9.97 Å². The summed E-state index contributed by atoms with van der Waals surface area (Å²) in [6.07, 6.45) is 0. The molecule has 0 saturated carbocycles. The first kappa shape index (κ1) is 13.1. The largest absolute Gasteiger partial charge is 0.493 e. The average molecular weight is 259 g/mol. The normalized spacial score (nSPS) is 10.3. The number of anilines is 1. The fourth-order valence-electron chi connectivity index (χ4n) is 1.99. The Morgan fingerprint density at radius 3 is 2.16 bits per heavy atom. The molecule has 0 aliphatic carbocycles. The van der Waals surface area contributed by atoms with Crippen LogP contribution in [0.4, 0.5) is 5.95 Å². The summed E-state index contributed by atoms with van der Waals surface area (Å²) in [6, 6.07) is 5.71. The number of nitrogen functional groups attached to an aromatic ring is 1. The fourth-order valence-corrected chi connectivity index (χ4v) is 1.99. The molecule has 0 fully saturated rings. The minimum absolute atomic E-state index is 0.268. The average Bonchev–Trinajstić information content (AvgIpc) is 2.37. The summed E-state index contributed by atoms with van der Waals surface area (Å²) in [6.45, 7) is 3.88. The molecule has 1 aromatic carbocycles. The lowest BCUT2D eigenvalue weighted by atomic mass is 10.0. The zero-order chi connectivity index (χ0) is 14.0. The number of methoxy groups -OCH3 is 2. The molecule has 0 amide bonds. The van der Waals surface area contributed by atoms with Gasteiger partial charge in [-0.3, -0.25) is 0 Å². The molecule has 0 unspecified atom stereocenters. The van der Waals surface area contributed by atoms with E-state index in [4.69, 9.17) is 15.2 Å². The number of aryl methyl sites for hydroxylation is 2. The molecule has 0 radical (unpaired) electrons. The Kier molecular flexibility index (Phi) is 3.55. The van der Waals surface area contributed by atoms with Crippen LogP contribution >= 0.6 is 0 Å². The monoisotopic (exact) mass is 259 g/mol. The van der Waals surface area contributed by atoms with Gasteiger partial charge in [0, 0.05) is 11.3 Å². The van der Waals surface area contributed by atoms with Crippen molar-refractivity contribution in [3.05, 3.63) is 29.5 Å². The van der Waals surface area contributed by atoms with Crippen LogP contribution in [0.2, 0.25) is 0 Å². The summed E-state index contributed by atoms with van der Waals surface area (Å²) >= 11 is 0. The molecule has 1 aromatic heterocycles. The van der Waals surface area contributed by atoms with Gasteiger partial charge in [-0.05, 0) is 37.6 Å². The third-order valence-electron chi connectivity index (χ3n) is 2.88. The van der Waals surface area contributed by atoms with E-state index >= 15 is 0 Å². The van der Waals surface area contributed by atoms with Gasteiger partial charge in [0.2, 0.25) is 5.95 Å². The third kappa shape index (κ3) is 2.59. The molecule has 0 atom stereocenters. The van der Waals surface area contributed by atoms with Crippen molar-refractivity contribution < 1.29 is 9.47 Å². The molecule has 5 nitrogen and oxygen atoms in total. The maximum Gasteiger partial charge on any atom is 0.220 e. The Balaban J connectivity index is 2.61. The standard InChI is InChI=1S/C14H17N3O2/c1-8-5-12(18-3)13(19-4)7-10(8)11-6-9(2)16-14(15)17-11/h5-7H,1-4H3,(H2,15,16,17). The van der Waals surface area contributed by atoms with Gasteiger partial charge in [0.15, 0.2) is 11.5 Å². The molecular weight excluding hydrogens is 242 g/mol. The highest BCUT2D eigenvalue weighted by atomic mass is 16.5. The van der Waals surface area contributed by atoms with Crippen LogP contribution in [-0.4, -0.2) is 24.2 Å². The van der Waals surface area contributed by atoms with Crippen molar-refractivity contribution in [2.24, 2.45) is 0 Å². The van der Waals surface area contributed by atoms with E-state index in [0.29, 0.717) is 11.5 Å². The SMILES string of the molecule is COc1cc(C)c(-c2cc(C)nc(N)n2)cc1OC. The van der Waals surface area contributed by atoms with E-state index in [1.807, 2.05) is 32.0 Å². The molecule has 2 rings (SSSR count). The van der Waals surface area contributed by atoms with Crippen molar-refractivity contribution >= 4 is 5.95 Å². The lowest BCUT2D eigenvalue weighted by molar-refractivity contribution is 0.355. The van der Waals surface area contributed by atoms with Crippen LogP contribution in [0, 0.1) is 13.8 Å². The van der Waals surface area contributed by atoms with Gasteiger partial charge in [-0.1, -0.05) is 0 Å². The minimum Gasteiger partial charge on any atom is -0.493 e. The second kappa shape index (κ2) is 5.14. The molecule has 0 saturated heterocycles. The van der Waals surface area contributed by atoms with Crippen LogP contribution in [0.15, 0.2) is 18.2 Å². The highest BCUT2D eigenvalue weighted by Gasteiger charge is 2.12. The zero-order valence-corrected chi connectivity index (χ0v) is 11.5. The number of aromatic nitrogens is 2. The first-order valence-electron chi connectivity index (χ1n) is 5.89. The van der Waals surface area contributed by atoms with Gasteiger partial charge < -0.3 is 15.2 Å². The van der Waals surface area contributed by atoms with Gasteiger partial charge in [0.1, 0.15) is 0 Å². The minimum atomic E-state index is 0.268. The highest BCUT2D eigenvalue weighted by molar-refractivity contribution is 5.69. The van der Waals surface area contributed by atoms with Gasteiger partial charge in [0.25, 0.3) is 0 Å². The van der Waals surface area contributed by atoms with Gasteiger partial charge in [-0.25, -0.2) is 9.97 Å². The number of rotatable bonds is 3. The second-order valence-electron chi connectivity index (χ2n) is 4.27. The second-order valence-corrected chi connectivity index (χ2v) is 4.27. The molecule has 19 heavy (non-hydrogen) atoms. The van der Waals surface area contributed by atoms with Crippen LogP contribution in [0.25, 0.3) is 11.3 Å². The number of nitrogens with two attached hydrogens (primary N) is 1. The quantitative estimate of drug-likeness (QED) is 0.916. The van der Waals surface area contributed by atoms with E-state index < -0.39 is 0 Å². The predicted octanol–water partition coefficient (Wildman–Crippen LogP) is 2.36. The Morgan fingerprint density at radius 1 is 0.947 bits per heavy atom. The molecule has 0 bridgehead atoms. The van der Waals surface area contributed by atoms with Crippen molar-refractivity contribution in [2.75, 3.05) is 20.0 Å². The fraction of sp³-hybridized carbons (Fsp3) is 0.286. The Labute approximate surface area is 112 Å². The third-order valence-corrected chi connectivity index (χ3v) is 2.88. The van der Waals surface area contributed by atoms with Crippen LogP contribution in [0.5, 0.6) is 11.5 Å². The zero-order valence-electron chi connectivity index (χ0n) is 11.5. The first-order chi connectivity index (χ1) is 9.05. The molecule has 5 heteroatoms. The molecule has 0 spiro atoms. The molecule has 0 aliphatic rings. The number of ether oxygens (including phenoxy) is 2. The van der Waals surface area contributed by atoms with Crippen molar-refractivity contribution in [1.29, 1.82) is 0 Å². The lowest BCUT2D eigenvalue weighted by Gasteiger charge is -2.13. The summed E-state index contributed by atoms with van der Waals surface area (Å²) in [5.41, 5.74) is 9.30. The van der Waals surface area contributed by atoms with E-state index in [9.17, 15) is 0 Å². The van der Waals surface area contributed by atoms with Crippen LogP contribution in [0.1, 0.15) is 11.3 Å². The molecule has 0 aliphatic heterocycles. The summed E-state index contributed by atoms with van der Waals surface area (Å²) in [4.78, 5) is 8.34. The van der Waals surface area contributed by atoms with Gasteiger partial charge >= 0.3 is 0 Å². The number of nitrogens with zero attached hydrogens (tertiary/aromatic N) is 2.